The molecule has 1 aliphatic rings. The number of benzene rings is 1. The van der Waals surface area contributed by atoms with Crippen molar-refractivity contribution in [1.29, 1.82) is 0 Å². The Morgan fingerprint density at radius 1 is 1.33 bits per heavy atom. The number of hydrogen-bond donors (Lipinski definition) is 1. The maximum Gasteiger partial charge on any atom is 0.428 e. The molecule has 3 nitrogen and oxygen atoms in total. The minimum absolute atomic E-state index is 0.157. The first kappa shape index (κ1) is 12.9. The highest BCUT2D eigenvalue weighted by atomic mass is 19.4. The summed E-state index contributed by atoms with van der Waals surface area (Å²) in [5, 5.41) is 2.26. The highest BCUT2D eigenvalue weighted by molar-refractivity contribution is 5.88. The molecule has 0 bridgehead atoms. The first-order valence-electron chi connectivity index (χ1n) is 5.49. The molecule has 6 heteroatoms. The van der Waals surface area contributed by atoms with Crippen LogP contribution in [-0.2, 0) is 16.0 Å². The molecule has 1 aliphatic heterocycles. The zero-order chi connectivity index (χ0) is 13.2. The van der Waals surface area contributed by atoms with Crippen LogP contribution < -0.4 is 5.32 Å². The van der Waals surface area contributed by atoms with Crippen LogP contribution in [0.3, 0.4) is 0 Å². The van der Waals surface area contributed by atoms with Crippen molar-refractivity contribution < 1.29 is 22.7 Å². The van der Waals surface area contributed by atoms with E-state index in [-0.39, 0.29) is 6.54 Å². The second-order valence-corrected chi connectivity index (χ2v) is 4.10. The van der Waals surface area contributed by atoms with Crippen molar-refractivity contribution >= 4 is 5.91 Å². The maximum absolute atomic E-state index is 12.5. The summed E-state index contributed by atoms with van der Waals surface area (Å²) in [7, 11) is 0. The van der Waals surface area contributed by atoms with Crippen molar-refractivity contribution in [2.24, 2.45) is 0 Å². The molecule has 1 saturated heterocycles. The Labute approximate surface area is 102 Å². The van der Waals surface area contributed by atoms with Crippen molar-refractivity contribution in [1.82, 2.24) is 5.32 Å². The van der Waals surface area contributed by atoms with E-state index in [4.69, 9.17) is 0 Å². The summed E-state index contributed by atoms with van der Waals surface area (Å²) >= 11 is 0. The molecule has 0 unspecified atom stereocenters. The van der Waals surface area contributed by atoms with Crippen LogP contribution in [0.15, 0.2) is 30.3 Å². The fourth-order valence-electron chi connectivity index (χ4n) is 1.60. The van der Waals surface area contributed by atoms with Crippen molar-refractivity contribution in [3.05, 3.63) is 35.9 Å². The highest BCUT2D eigenvalue weighted by Gasteiger charge is 2.71. The number of ether oxygens (including phenoxy) is 1. The number of nitrogens with one attached hydrogen (secondary N) is 1. The van der Waals surface area contributed by atoms with Gasteiger partial charge in [-0.05, 0) is 12.0 Å². The van der Waals surface area contributed by atoms with E-state index in [0.717, 1.165) is 5.56 Å². The van der Waals surface area contributed by atoms with E-state index in [2.05, 4.69) is 10.1 Å². The lowest BCUT2D eigenvalue weighted by Gasteiger charge is -2.15. The summed E-state index contributed by atoms with van der Waals surface area (Å²) in [4.78, 5) is 11.4. The van der Waals surface area contributed by atoms with Crippen molar-refractivity contribution in [3.63, 3.8) is 0 Å². The number of alkyl halides is 3. The van der Waals surface area contributed by atoms with Gasteiger partial charge in [-0.2, -0.15) is 13.2 Å². The Hall–Kier alpha value is -1.56. The smallest absolute Gasteiger partial charge is 0.353 e. The molecule has 2 rings (SSSR count). The lowest BCUT2D eigenvalue weighted by molar-refractivity contribution is -0.189. The summed E-state index contributed by atoms with van der Waals surface area (Å²) in [6.07, 6.45) is -4.16. The normalized spacial score (nSPS) is 22.6. The maximum atomic E-state index is 12.5. The predicted octanol–water partition coefficient (Wildman–Crippen LogP) is 1.68. The third-order valence-corrected chi connectivity index (χ3v) is 2.80. The van der Waals surface area contributed by atoms with Gasteiger partial charge in [-0.25, -0.2) is 0 Å². The third-order valence-electron chi connectivity index (χ3n) is 2.80. The lowest BCUT2D eigenvalue weighted by atomic mass is 10.1. The second kappa shape index (κ2) is 4.61. The lowest BCUT2D eigenvalue weighted by Crippen LogP contribution is -2.48. The Morgan fingerprint density at radius 3 is 2.44 bits per heavy atom. The zero-order valence-corrected chi connectivity index (χ0v) is 9.46. The fraction of sp³-hybridized carbons (Fsp3) is 0.417. The summed E-state index contributed by atoms with van der Waals surface area (Å²) in [6.45, 7) is -0.433. The van der Waals surface area contributed by atoms with Crippen LogP contribution in [-0.4, -0.2) is 30.8 Å². The van der Waals surface area contributed by atoms with E-state index in [1.807, 2.05) is 30.3 Å². The fourth-order valence-corrected chi connectivity index (χ4v) is 1.60. The molecule has 1 aromatic rings. The van der Waals surface area contributed by atoms with Gasteiger partial charge < -0.3 is 10.1 Å². The number of carbonyl (C=O) groups excluding carboxylic acids is 1. The van der Waals surface area contributed by atoms with Crippen LogP contribution in [0.5, 0.6) is 0 Å². The summed E-state index contributed by atoms with van der Waals surface area (Å²) in [6, 6.07) is 9.20. The number of carbonyl (C=O) groups is 1. The predicted molar refractivity (Wildman–Crippen MR) is 57.9 cm³/mol. The van der Waals surface area contributed by atoms with Crippen LogP contribution in [0.2, 0.25) is 0 Å². The van der Waals surface area contributed by atoms with Gasteiger partial charge in [-0.15, -0.1) is 0 Å². The monoisotopic (exact) mass is 259 g/mol. The van der Waals surface area contributed by atoms with Gasteiger partial charge in [0.25, 0.3) is 11.5 Å². The van der Waals surface area contributed by atoms with Gasteiger partial charge in [0.15, 0.2) is 0 Å². The second-order valence-electron chi connectivity index (χ2n) is 4.10. The minimum Gasteiger partial charge on any atom is -0.353 e. The minimum atomic E-state index is -4.65. The molecule has 0 aromatic heterocycles. The Balaban J connectivity index is 1.83. The van der Waals surface area contributed by atoms with Gasteiger partial charge in [-0.1, -0.05) is 30.3 Å². The standard InChI is InChI=1S/C12H12F3NO2/c13-12(14,15)11(8-18-11)10(17)16-7-6-9-4-2-1-3-5-9/h1-5H,6-8H2,(H,16,17)/t11-/m1/s1. The van der Waals surface area contributed by atoms with Gasteiger partial charge in [-0.3, -0.25) is 4.79 Å². The quantitative estimate of drug-likeness (QED) is 0.836. The summed E-state index contributed by atoms with van der Waals surface area (Å²) in [5.41, 5.74) is -1.65. The average molecular weight is 259 g/mol. The number of epoxide rings is 1. The Bertz CT molecular complexity index is 427. The molecule has 1 atom stereocenters. The number of rotatable bonds is 4. The van der Waals surface area contributed by atoms with Crippen LogP contribution >= 0.6 is 0 Å². The summed E-state index contributed by atoms with van der Waals surface area (Å²) < 4.78 is 41.8. The summed E-state index contributed by atoms with van der Waals surface area (Å²) in [5.74, 6) is -1.11. The largest absolute Gasteiger partial charge is 0.428 e. The first-order chi connectivity index (χ1) is 8.46. The van der Waals surface area contributed by atoms with Crippen LogP contribution in [0, 0.1) is 0 Å². The average Bonchev–Trinajstić information content (AvgIpc) is 3.10. The molecule has 1 aromatic carbocycles. The van der Waals surface area contributed by atoms with Crippen molar-refractivity contribution in [2.75, 3.05) is 13.2 Å². The topological polar surface area (TPSA) is 41.6 Å². The Kier molecular flexibility index (Phi) is 3.30. The van der Waals surface area contributed by atoms with Gasteiger partial charge >= 0.3 is 6.18 Å². The number of halogens is 3. The molecule has 98 valence electrons. The van der Waals surface area contributed by atoms with E-state index < -0.39 is 24.3 Å². The molecule has 1 amide bonds. The van der Waals surface area contributed by atoms with E-state index in [9.17, 15) is 18.0 Å². The molecular weight excluding hydrogens is 247 g/mol. The molecule has 1 heterocycles. The molecule has 0 aliphatic carbocycles. The SMILES string of the molecule is O=C(NCCc1ccccc1)[C@@]1(C(F)(F)F)CO1. The molecule has 0 saturated carbocycles. The third kappa shape index (κ3) is 2.48. The van der Waals surface area contributed by atoms with E-state index in [1.54, 1.807) is 0 Å². The van der Waals surface area contributed by atoms with E-state index in [0.29, 0.717) is 6.42 Å². The van der Waals surface area contributed by atoms with Gasteiger partial charge in [0, 0.05) is 6.54 Å². The molecule has 18 heavy (non-hydrogen) atoms. The van der Waals surface area contributed by atoms with E-state index in [1.165, 1.54) is 0 Å². The molecule has 1 N–H and O–H groups in total. The van der Waals surface area contributed by atoms with Crippen LogP contribution in [0.25, 0.3) is 0 Å². The first-order valence-corrected chi connectivity index (χ1v) is 5.49. The zero-order valence-electron chi connectivity index (χ0n) is 9.46. The van der Waals surface area contributed by atoms with Crippen LogP contribution in [0.4, 0.5) is 13.2 Å². The number of amides is 1. The highest BCUT2D eigenvalue weighted by Crippen LogP contribution is 2.43. The van der Waals surface area contributed by atoms with Gasteiger partial charge in [0.2, 0.25) is 0 Å². The molecule has 0 spiro atoms. The molecular formula is C12H12F3NO2. The Morgan fingerprint density at radius 2 is 1.94 bits per heavy atom. The van der Waals surface area contributed by atoms with Crippen molar-refractivity contribution in [3.8, 4) is 0 Å². The van der Waals surface area contributed by atoms with Gasteiger partial charge in [0.05, 0.1) is 6.61 Å². The molecule has 0 radical (unpaired) electrons. The molecule has 1 fully saturated rings. The van der Waals surface area contributed by atoms with E-state index >= 15 is 0 Å². The van der Waals surface area contributed by atoms with Crippen molar-refractivity contribution in [2.45, 2.75) is 18.2 Å². The van der Waals surface area contributed by atoms with Gasteiger partial charge in [0.1, 0.15) is 0 Å². The number of hydrogen-bond acceptors (Lipinski definition) is 2. The van der Waals surface area contributed by atoms with Crippen LogP contribution in [0.1, 0.15) is 5.56 Å².